The summed E-state index contributed by atoms with van der Waals surface area (Å²) in [5.74, 6) is -1.34. The molecular formula is C13H18FN3O3. The van der Waals surface area contributed by atoms with Crippen LogP contribution >= 0.6 is 0 Å². The van der Waals surface area contributed by atoms with Gasteiger partial charge in [0.25, 0.3) is 11.6 Å². The lowest BCUT2D eigenvalue weighted by Gasteiger charge is -2.13. The maximum absolute atomic E-state index is 13.5. The quantitative estimate of drug-likeness (QED) is 0.621. The Labute approximate surface area is 116 Å². The summed E-state index contributed by atoms with van der Waals surface area (Å²) in [6.45, 7) is 3.79. The van der Waals surface area contributed by atoms with Crippen molar-refractivity contribution in [1.82, 2.24) is 5.32 Å². The third kappa shape index (κ3) is 3.66. The molecule has 0 saturated carbocycles. The second kappa shape index (κ2) is 6.83. The minimum absolute atomic E-state index is 0.0453. The number of nitrogens with zero attached hydrogens (tertiary/aromatic N) is 1. The summed E-state index contributed by atoms with van der Waals surface area (Å²) in [7, 11) is 1.48. The first-order valence-electron chi connectivity index (χ1n) is 6.37. The lowest BCUT2D eigenvalue weighted by atomic mass is 10.1. The van der Waals surface area contributed by atoms with E-state index in [1.54, 1.807) is 0 Å². The Morgan fingerprint density at radius 2 is 2.15 bits per heavy atom. The van der Waals surface area contributed by atoms with Crippen LogP contribution in [0.25, 0.3) is 0 Å². The van der Waals surface area contributed by atoms with E-state index in [9.17, 15) is 19.3 Å². The zero-order valence-electron chi connectivity index (χ0n) is 11.7. The van der Waals surface area contributed by atoms with Gasteiger partial charge in [0.15, 0.2) is 5.82 Å². The van der Waals surface area contributed by atoms with E-state index in [4.69, 9.17) is 0 Å². The molecule has 0 heterocycles. The average Bonchev–Trinajstić information content (AvgIpc) is 2.38. The van der Waals surface area contributed by atoms with Gasteiger partial charge >= 0.3 is 0 Å². The second-order valence-corrected chi connectivity index (χ2v) is 4.52. The van der Waals surface area contributed by atoms with Crippen LogP contribution in [0, 0.1) is 15.9 Å². The monoisotopic (exact) mass is 283 g/mol. The molecule has 0 spiro atoms. The van der Waals surface area contributed by atoms with Crippen LogP contribution in [0.3, 0.4) is 0 Å². The fourth-order valence-corrected chi connectivity index (χ4v) is 1.89. The molecule has 0 saturated heterocycles. The Balaban J connectivity index is 3.14. The van der Waals surface area contributed by atoms with Crippen molar-refractivity contribution in [3.05, 3.63) is 33.6 Å². The van der Waals surface area contributed by atoms with E-state index in [-0.39, 0.29) is 17.3 Å². The highest BCUT2D eigenvalue weighted by Gasteiger charge is 2.24. The Morgan fingerprint density at radius 1 is 1.50 bits per heavy atom. The van der Waals surface area contributed by atoms with Crippen molar-refractivity contribution in [2.75, 3.05) is 12.4 Å². The highest BCUT2D eigenvalue weighted by Crippen LogP contribution is 2.26. The molecule has 110 valence electrons. The fourth-order valence-electron chi connectivity index (χ4n) is 1.89. The number of carbonyl (C=O) groups excluding carboxylic acids is 1. The molecule has 20 heavy (non-hydrogen) atoms. The van der Waals surface area contributed by atoms with Crippen molar-refractivity contribution >= 4 is 17.3 Å². The van der Waals surface area contributed by atoms with Crippen LogP contribution in [0.4, 0.5) is 15.8 Å². The van der Waals surface area contributed by atoms with Crippen LogP contribution in [-0.2, 0) is 0 Å². The van der Waals surface area contributed by atoms with E-state index in [1.807, 2.05) is 13.8 Å². The molecule has 0 bridgehead atoms. The number of nitrogens with one attached hydrogen (secondary N) is 2. The van der Waals surface area contributed by atoms with Gasteiger partial charge in [0.1, 0.15) is 5.56 Å². The predicted octanol–water partition coefficient (Wildman–Crippen LogP) is 2.69. The summed E-state index contributed by atoms with van der Waals surface area (Å²) >= 11 is 0. The maximum Gasteiger partial charge on any atom is 0.285 e. The molecule has 0 aliphatic heterocycles. The molecule has 0 aliphatic carbocycles. The van der Waals surface area contributed by atoms with Gasteiger partial charge in [-0.1, -0.05) is 13.3 Å². The van der Waals surface area contributed by atoms with Crippen LogP contribution in [0.5, 0.6) is 0 Å². The van der Waals surface area contributed by atoms with Gasteiger partial charge in [-0.3, -0.25) is 14.9 Å². The van der Waals surface area contributed by atoms with Gasteiger partial charge in [0.05, 0.1) is 16.7 Å². The van der Waals surface area contributed by atoms with Crippen molar-refractivity contribution in [2.45, 2.75) is 32.7 Å². The topological polar surface area (TPSA) is 84.3 Å². The minimum Gasteiger partial charge on any atom is -0.386 e. The Hall–Kier alpha value is -2.18. The molecule has 0 fully saturated rings. The van der Waals surface area contributed by atoms with Crippen LogP contribution in [-0.4, -0.2) is 23.9 Å². The molecule has 1 atom stereocenters. The number of anilines is 1. The first-order chi connectivity index (χ1) is 9.40. The standard InChI is InChI=1S/C13H18FN3O3/c1-4-5-8(2)16-13(18)9-6-11(15-3)10(14)7-12(9)17(19)20/h6-8,15H,4-5H2,1-3H3,(H,16,18). The molecule has 7 heteroatoms. The van der Waals surface area contributed by atoms with Crippen molar-refractivity contribution in [3.8, 4) is 0 Å². The SMILES string of the molecule is CCCC(C)NC(=O)c1cc(NC)c(F)cc1[N+](=O)[O-]. The zero-order chi connectivity index (χ0) is 15.3. The maximum atomic E-state index is 13.5. The van der Waals surface area contributed by atoms with Crippen LogP contribution in [0.2, 0.25) is 0 Å². The lowest BCUT2D eigenvalue weighted by Crippen LogP contribution is -2.32. The number of hydrogen-bond acceptors (Lipinski definition) is 4. The first kappa shape index (κ1) is 15.9. The van der Waals surface area contributed by atoms with Gasteiger partial charge in [0, 0.05) is 13.1 Å². The van der Waals surface area contributed by atoms with Gasteiger partial charge in [-0.2, -0.15) is 0 Å². The number of halogens is 1. The van der Waals surface area contributed by atoms with E-state index in [1.165, 1.54) is 7.05 Å². The summed E-state index contributed by atoms with van der Waals surface area (Å²) in [4.78, 5) is 22.2. The van der Waals surface area contributed by atoms with Gasteiger partial charge in [-0.15, -0.1) is 0 Å². The highest BCUT2D eigenvalue weighted by atomic mass is 19.1. The molecule has 1 aromatic rings. The van der Waals surface area contributed by atoms with Gasteiger partial charge in [-0.25, -0.2) is 4.39 Å². The molecule has 1 unspecified atom stereocenters. The summed E-state index contributed by atoms with van der Waals surface area (Å²) in [5, 5.41) is 16.2. The molecule has 1 amide bonds. The first-order valence-corrected chi connectivity index (χ1v) is 6.37. The highest BCUT2D eigenvalue weighted by molar-refractivity contribution is 5.99. The lowest BCUT2D eigenvalue weighted by molar-refractivity contribution is -0.385. The summed E-state index contributed by atoms with van der Waals surface area (Å²) < 4.78 is 13.5. The van der Waals surface area contributed by atoms with Crippen molar-refractivity contribution in [2.24, 2.45) is 0 Å². The van der Waals surface area contributed by atoms with E-state index in [0.717, 1.165) is 25.0 Å². The summed E-state index contributed by atoms with van der Waals surface area (Å²) in [6, 6.07) is 1.81. The van der Waals surface area contributed by atoms with E-state index in [0.29, 0.717) is 0 Å². The molecular weight excluding hydrogens is 265 g/mol. The molecule has 0 aliphatic rings. The number of amides is 1. The van der Waals surface area contributed by atoms with Crippen molar-refractivity contribution in [1.29, 1.82) is 0 Å². The van der Waals surface area contributed by atoms with Crippen LogP contribution in [0.1, 0.15) is 37.0 Å². The smallest absolute Gasteiger partial charge is 0.285 e. The molecule has 2 N–H and O–H groups in total. The third-order valence-corrected chi connectivity index (χ3v) is 2.90. The van der Waals surface area contributed by atoms with E-state index < -0.39 is 22.3 Å². The Bertz CT molecular complexity index is 520. The predicted molar refractivity (Wildman–Crippen MR) is 74.4 cm³/mol. The number of carbonyl (C=O) groups is 1. The van der Waals surface area contributed by atoms with Crippen molar-refractivity contribution in [3.63, 3.8) is 0 Å². The summed E-state index contributed by atoms with van der Waals surface area (Å²) in [6.07, 6.45) is 1.65. The van der Waals surface area contributed by atoms with Gasteiger partial charge < -0.3 is 10.6 Å². The molecule has 1 rings (SSSR count). The molecule has 1 aromatic carbocycles. The number of benzene rings is 1. The van der Waals surface area contributed by atoms with Crippen LogP contribution in [0.15, 0.2) is 12.1 Å². The number of nitro benzene ring substituents is 1. The second-order valence-electron chi connectivity index (χ2n) is 4.52. The Morgan fingerprint density at radius 3 is 2.65 bits per heavy atom. The fraction of sp³-hybridized carbons (Fsp3) is 0.462. The molecule has 6 nitrogen and oxygen atoms in total. The van der Waals surface area contributed by atoms with Gasteiger partial charge in [-0.05, 0) is 19.4 Å². The number of nitro groups is 1. The van der Waals surface area contributed by atoms with Crippen molar-refractivity contribution < 1.29 is 14.1 Å². The molecule has 0 radical (unpaired) electrons. The number of hydrogen-bond donors (Lipinski definition) is 2. The normalized spacial score (nSPS) is 11.8. The Kier molecular flexibility index (Phi) is 5.42. The van der Waals surface area contributed by atoms with Gasteiger partial charge in [0.2, 0.25) is 0 Å². The minimum atomic E-state index is -0.766. The van der Waals surface area contributed by atoms with Crippen LogP contribution < -0.4 is 10.6 Å². The largest absolute Gasteiger partial charge is 0.386 e. The average molecular weight is 283 g/mol. The molecule has 0 aromatic heterocycles. The van der Waals surface area contributed by atoms with E-state index >= 15 is 0 Å². The third-order valence-electron chi connectivity index (χ3n) is 2.90. The van der Waals surface area contributed by atoms with E-state index in [2.05, 4.69) is 10.6 Å². The zero-order valence-corrected chi connectivity index (χ0v) is 11.7. The summed E-state index contributed by atoms with van der Waals surface area (Å²) in [5.41, 5.74) is -0.643. The number of rotatable bonds is 6.